The van der Waals surface area contributed by atoms with Crippen molar-refractivity contribution in [2.75, 3.05) is 22.4 Å². The topological polar surface area (TPSA) is 66.5 Å². The van der Waals surface area contributed by atoms with Crippen LogP contribution < -0.4 is 9.62 Å². The highest BCUT2D eigenvalue weighted by Crippen LogP contribution is 2.31. The van der Waals surface area contributed by atoms with Gasteiger partial charge in [-0.2, -0.15) is 0 Å². The zero-order chi connectivity index (χ0) is 20.9. The number of para-hydroxylation sites is 1. The fourth-order valence-corrected chi connectivity index (χ4v) is 4.33. The molecule has 0 saturated carbocycles. The number of anilines is 2. The largest absolute Gasteiger partial charge is 0.326 e. The summed E-state index contributed by atoms with van der Waals surface area (Å²) in [6, 6.07) is 10.5. The Morgan fingerprint density at radius 1 is 1.18 bits per heavy atom. The minimum atomic E-state index is -3.57. The number of hydrogen-bond donors (Lipinski definition) is 1. The molecule has 0 saturated heterocycles. The molecule has 0 aliphatic rings. The third kappa shape index (κ3) is 5.87. The zero-order valence-electron chi connectivity index (χ0n) is 16.1. The molecule has 0 spiro atoms. The van der Waals surface area contributed by atoms with Crippen LogP contribution in [0.2, 0.25) is 10.0 Å². The SMILES string of the molecule is CCc1cccc(C)c1NC(=O)CCCN(c1cc(Cl)ccc1Cl)S(C)(=O)=O. The van der Waals surface area contributed by atoms with E-state index >= 15 is 0 Å². The molecule has 8 heteroatoms. The molecule has 0 bridgehead atoms. The number of nitrogens with one attached hydrogen (secondary N) is 1. The van der Waals surface area contributed by atoms with E-state index in [4.69, 9.17) is 23.2 Å². The van der Waals surface area contributed by atoms with Crippen molar-refractivity contribution in [3.05, 3.63) is 57.6 Å². The van der Waals surface area contributed by atoms with E-state index in [9.17, 15) is 13.2 Å². The maximum atomic E-state index is 12.4. The quantitative estimate of drug-likeness (QED) is 0.621. The van der Waals surface area contributed by atoms with Crippen LogP contribution >= 0.6 is 23.2 Å². The van der Waals surface area contributed by atoms with Gasteiger partial charge in [0.15, 0.2) is 0 Å². The number of carbonyl (C=O) groups excluding carboxylic acids is 1. The van der Waals surface area contributed by atoms with Gasteiger partial charge in [0, 0.05) is 23.7 Å². The van der Waals surface area contributed by atoms with Crippen LogP contribution in [0.4, 0.5) is 11.4 Å². The average Bonchev–Trinajstić information content (AvgIpc) is 2.61. The maximum Gasteiger partial charge on any atom is 0.232 e. The summed E-state index contributed by atoms with van der Waals surface area (Å²) in [5.41, 5.74) is 3.20. The summed E-state index contributed by atoms with van der Waals surface area (Å²) in [4.78, 5) is 12.4. The van der Waals surface area contributed by atoms with Gasteiger partial charge < -0.3 is 5.32 Å². The Labute approximate surface area is 176 Å². The molecular formula is C20H24Cl2N2O3S. The summed E-state index contributed by atoms with van der Waals surface area (Å²) >= 11 is 12.1. The number of nitrogens with zero attached hydrogens (tertiary/aromatic N) is 1. The van der Waals surface area contributed by atoms with Gasteiger partial charge in [-0.05, 0) is 49.1 Å². The molecule has 5 nitrogen and oxygen atoms in total. The van der Waals surface area contributed by atoms with E-state index in [1.54, 1.807) is 12.1 Å². The van der Waals surface area contributed by atoms with Crippen molar-refractivity contribution < 1.29 is 13.2 Å². The molecular weight excluding hydrogens is 419 g/mol. The molecule has 1 N–H and O–H groups in total. The predicted molar refractivity (Wildman–Crippen MR) is 117 cm³/mol. The average molecular weight is 443 g/mol. The number of halogens is 2. The number of rotatable bonds is 8. The number of benzene rings is 2. The standard InChI is InChI=1S/C20H24Cl2N2O3S/c1-4-15-8-5-7-14(2)20(15)23-19(25)9-6-12-24(28(3,26)27)18-13-16(21)10-11-17(18)22/h5,7-8,10-11,13H,4,6,9,12H2,1-3H3,(H,23,25). The van der Waals surface area contributed by atoms with E-state index in [1.807, 2.05) is 32.0 Å². The van der Waals surface area contributed by atoms with Crippen molar-refractivity contribution in [2.45, 2.75) is 33.1 Å². The number of hydrogen-bond acceptors (Lipinski definition) is 3. The van der Waals surface area contributed by atoms with Crippen LogP contribution in [0, 0.1) is 6.92 Å². The summed E-state index contributed by atoms with van der Waals surface area (Å²) < 4.78 is 25.6. The van der Waals surface area contributed by atoms with Crippen LogP contribution in [0.5, 0.6) is 0 Å². The van der Waals surface area contributed by atoms with E-state index in [0.717, 1.165) is 29.5 Å². The lowest BCUT2D eigenvalue weighted by Crippen LogP contribution is -2.31. The van der Waals surface area contributed by atoms with Crippen molar-refractivity contribution >= 4 is 50.5 Å². The van der Waals surface area contributed by atoms with Crippen molar-refractivity contribution in [3.63, 3.8) is 0 Å². The Morgan fingerprint density at radius 3 is 2.54 bits per heavy atom. The molecule has 0 fully saturated rings. The minimum absolute atomic E-state index is 0.126. The van der Waals surface area contributed by atoms with Crippen LogP contribution in [0.25, 0.3) is 0 Å². The van der Waals surface area contributed by atoms with Gasteiger partial charge >= 0.3 is 0 Å². The first-order valence-electron chi connectivity index (χ1n) is 8.94. The third-order valence-electron chi connectivity index (χ3n) is 4.35. The van der Waals surface area contributed by atoms with Crippen molar-refractivity contribution in [1.29, 1.82) is 0 Å². The first-order valence-corrected chi connectivity index (χ1v) is 11.5. The number of aryl methyl sites for hydroxylation is 2. The molecule has 0 atom stereocenters. The van der Waals surface area contributed by atoms with E-state index in [2.05, 4.69) is 5.32 Å². The van der Waals surface area contributed by atoms with Gasteiger partial charge in [0.1, 0.15) is 0 Å². The summed E-state index contributed by atoms with van der Waals surface area (Å²) in [6.45, 7) is 4.10. The molecule has 2 rings (SSSR count). The molecule has 152 valence electrons. The van der Waals surface area contributed by atoms with Crippen LogP contribution in [0.15, 0.2) is 36.4 Å². The highest BCUT2D eigenvalue weighted by Gasteiger charge is 2.20. The number of sulfonamides is 1. The number of amides is 1. The van der Waals surface area contributed by atoms with Crippen LogP contribution in [-0.2, 0) is 21.2 Å². The summed E-state index contributed by atoms with van der Waals surface area (Å²) in [5, 5.41) is 3.62. The summed E-state index contributed by atoms with van der Waals surface area (Å²) in [5.74, 6) is -0.158. The normalized spacial score (nSPS) is 11.3. The Kier molecular flexibility index (Phi) is 7.75. The molecule has 28 heavy (non-hydrogen) atoms. The summed E-state index contributed by atoms with van der Waals surface area (Å²) in [6.07, 6.45) is 2.44. The molecule has 0 aromatic heterocycles. The lowest BCUT2D eigenvalue weighted by atomic mass is 10.1. The van der Waals surface area contributed by atoms with E-state index < -0.39 is 10.0 Å². The van der Waals surface area contributed by atoms with Gasteiger partial charge in [-0.15, -0.1) is 0 Å². The molecule has 0 heterocycles. The predicted octanol–water partition coefficient (Wildman–Crippen LogP) is 5.05. The molecule has 2 aromatic carbocycles. The Bertz CT molecular complexity index is 962. The maximum absolute atomic E-state index is 12.4. The fraction of sp³-hybridized carbons (Fsp3) is 0.350. The highest BCUT2D eigenvalue weighted by atomic mass is 35.5. The van der Waals surface area contributed by atoms with E-state index in [1.165, 1.54) is 10.4 Å². The molecule has 1 amide bonds. The van der Waals surface area contributed by atoms with Crippen molar-refractivity contribution in [3.8, 4) is 0 Å². The summed E-state index contributed by atoms with van der Waals surface area (Å²) in [7, 11) is -3.57. The lowest BCUT2D eigenvalue weighted by Gasteiger charge is -2.23. The Balaban J connectivity index is 2.07. The van der Waals surface area contributed by atoms with Gasteiger partial charge in [-0.3, -0.25) is 9.10 Å². The second-order valence-corrected chi connectivity index (χ2v) is 9.30. The van der Waals surface area contributed by atoms with Crippen LogP contribution in [-0.4, -0.2) is 27.1 Å². The van der Waals surface area contributed by atoms with Gasteiger partial charge in [-0.1, -0.05) is 48.3 Å². The zero-order valence-corrected chi connectivity index (χ0v) is 18.5. The fourth-order valence-electron chi connectivity index (χ4n) is 2.93. The second kappa shape index (κ2) is 9.63. The second-order valence-electron chi connectivity index (χ2n) is 6.55. The van der Waals surface area contributed by atoms with Crippen LogP contribution in [0.1, 0.15) is 30.9 Å². The van der Waals surface area contributed by atoms with E-state index in [-0.39, 0.29) is 23.9 Å². The smallest absolute Gasteiger partial charge is 0.232 e. The molecule has 0 aliphatic carbocycles. The highest BCUT2D eigenvalue weighted by molar-refractivity contribution is 7.92. The van der Waals surface area contributed by atoms with Gasteiger partial charge in [0.05, 0.1) is 17.0 Å². The first-order chi connectivity index (χ1) is 13.1. The Morgan fingerprint density at radius 2 is 1.89 bits per heavy atom. The van der Waals surface area contributed by atoms with E-state index in [0.29, 0.717) is 17.1 Å². The number of carbonyl (C=O) groups is 1. The third-order valence-corrected chi connectivity index (χ3v) is 6.08. The molecule has 0 unspecified atom stereocenters. The Hall–Kier alpha value is -1.76. The molecule has 0 aliphatic heterocycles. The molecule has 0 radical (unpaired) electrons. The molecule has 2 aromatic rings. The van der Waals surface area contributed by atoms with Crippen LogP contribution in [0.3, 0.4) is 0 Å². The van der Waals surface area contributed by atoms with Crippen molar-refractivity contribution in [2.24, 2.45) is 0 Å². The van der Waals surface area contributed by atoms with Gasteiger partial charge in [-0.25, -0.2) is 8.42 Å². The van der Waals surface area contributed by atoms with Gasteiger partial charge in [0.2, 0.25) is 15.9 Å². The van der Waals surface area contributed by atoms with Crippen molar-refractivity contribution in [1.82, 2.24) is 0 Å². The lowest BCUT2D eigenvalue weighted by molar-refractivity contribution is -0.116. The minimum Gasteiger partial charge on any atom is -0.326 e. The van der Waals surface area contributed by atoms with Gasteiger partial charge in [0.25, 0.3) is 0 Å². The first kappa shape index (κ1) is 22.5. The monoisotopic (exact) mass is 442 g/mol.